The molecular weight excluding hydrogens is 237 g/mol. The lowest BCUT2D eigenvalue weighted by atomic mass is 9.85. The number of hydrogen-bond acceptors (Lipinski definition) is 2. The van der Waals surface area contributed by atoms with Crippen molar-refractivity contribution in [2.75, 3.05) is 0 Å². The standard InChI is InChI=1S/C10H11F3N2O2/c11-10(12,13)7-4-14-15(8(7)9(16)17)5-6-2-1-3-6/h4,6H,1-3,5H2,(H,16,17). The van der Waals surface area contributed by atoms with Crippen LogP contribution in [0.25, 0.3) is 0 Å². The third kappa shape index (κ3) is 2.27. The largest absolute Gasteiger partial charge is 0.477 e. The molecule has 1 aromatic rings. The Morgan fingerprint density at radius 3 is 2.59 bits per heavy atom. The molecule has 1 aromatic heterocycles. The summed E-state index contributed by atoms with van der Waals surface area (Å²) in [6.45, 7) is 0.248. The van der Waals surface area contributed by atoms with E-state index in [2.05, 4.69) is 5.10 Å². The van der Waals surface area contributed by atoms with Crippen LogP contribution in [0.15, 0.2) is 6.20 Å². The van der Waals surface area contributed by atoms with Crippen LogP contribution in [0.2, 0.25) is 0 Å². The van der Waals surface area contributed by atoms with Gasteiger partial charge >= 0.3 is 12.1 Å². The molecule has 17 heavy (non-hydrogen) atoms. The number of nitrogens with zero attached hydrogens (tertiary/aromatic N) is 2. The summed E-state index contributed by atoms with van der Waals surface area (Å²) < 4.78 is 38.6. The quantitative estimate of drug-likeness (QED) is 0.893. The van der Waals surface area contributed by atoms with Gasteiger partial charge in [-0.3, -0.25) is 4.68 Å². The summed E-state index contributed by atoms with van der Waals surface area (Å²) in [5.41, 5.74) is -1.94. The van der Waals surface area contributed by atoms with Crippen molar-refractivity contribution in [1.82, 2.24) is 9.78 Å². The maximum atomic E-state index is 12.5. The zero-order chi connectivity index (χ0) is 12.6. The Kier molecular flexibility index (Phi) is 2.84. The van der Waals surface area contributed by atoms with Gasteiger partial charge in [0.25, 0.3) is 0 Å². The molecule has 0 atom stereocenters. The van der Waals surface area contributed by atoms with Crippen molar-refractivity contribution in [3.8, 4) is 0 Å². The number of hydrogen-bond donors (Lipinski definition) is 1. The topological polar surface area (TPSA) is 55.1 Å². The number of carboxylic acid groups (broad SMARTS) is 1. The average molecular weight is 248 g/mol. The van der Waals surface area contributed by atoms with Gasteiger partial charge < -0.3 is 5.11 Å². The smallest absolute Gasteiger partial charge is 0.420 e. The average Bonchev–Trinajstić information content (AvgIpc) is 2.53. The van der Waals surface area contributed by atoms with Crippen molar-refractivity contribution in [3.05, 3.63) is 17.5 Å². The fraction of sp³-hybridized carbons (Fsp3) is 0.600. The number of alkyl halides is 3. The fourth-order valence-electron chi connectivity index (χ4n) is 1.88. The van der Waals surface area contributed by atoms with E-state index in [9.17, 15) is 18.0 Å². The second-order valence-corrected chi connectivity index (χ2v) is 4.19. The maximum absolute atomic E-state index is 12.5. The van der Waals surface area contributed by atoms with E-state index in [4.69, 9.17) is 5.11 Å². The molecule has 0 spiro atoms. The normalized spacial score (nSPS) is 16.9. The van der Waals surface area contributed by atoms with Crippen molar-refractivity contribution in [2.24, 2.45) is 5.92 Å². The first kappa shape index (κ1) is 11.9. The van der Waals surface area contributed by atoms with Crippen molar-refractivity contribution in [2.45, 2.75) is 32.0 Å². The van der Waals surface area contributed by atoms with Gasteiger partial charge in [-0.2, -0.15) is 18.3 Å². The molecule has 1 fully saturated rings. The van der Waals surface area contributed by atoms with Gasteiger partial charge in [0.2, 0.25) is 0 Å². The van der Waals surface area contributed by atoms with Crippen LogP contribution in [0.5, 0.6) is 0 Å². The molecule has 1 heterocycles. The van der Waals surface area contributed by atoms with Gasteiger partial charge in [-0.25, -0.2) is 4.79 Å². The van der Waals surface area contributed by atoms with E-state index < -0.39 is 23.4 Å². The molecular formula is C10H11F3N2O2. The van der Waals surface area contributed by atoms with Crippen LogP contribution in [-0.2, 0) is 12.7 Å². The van der Waals surface area contributed by atoms with Gasteiger partial charge in [-0.15, -0.1) is 0 Å². The van der Waals surface area contributed by atoms with Gasteiger partial charge in [0, 0.05) is 6.54 Å². The summed E-state index contributed by atoms with van der Waals surface area (Å²) in [6.07, 6.45) is -1.21. The van der Waals surface area contributed by atoms with E-state index >= 15 is 0 Å². The molecule has 0 amide bonds. The molecule has 0 bridgehead atoms. The molecule has 1 aliphatic rings. The Morgan fingerprint density at radius 2 is 2.18 bits per heavy atom. The zero-order valence-electron chi connectivity index (χ0n) is 8.87. The highest BCUT2D eigenvalue weighted by molar-refractivity contribution is 5.87. The highest BCUT2D eigenvalue weighted by Crippen LogP contribution is 2.33. The first-order valence-electron chi connectivity index (χ1n) is 5.26. The Bertz CT molecular complexity index is 435. The molecule has 0 aromatic carbocycles. The van der Waals surface area contributed by atoms with Gasteiger partial charge in [0.15, 0.2) is 5.69 Å². The number of halogens is 3. The van der Waals surface area contributed by atoms with Crippen LogP contribution < -0.4 is 0 Å². The van der Waals surface area contributed by atoms with Crippen LogP contribution in [0.3, 0.4) is 0 Å². The Labute approximate surface area is 95.0 Å². The highest BCUT2D eigenvalue weighted by atomic mass is 19.4. The van der Waals surface area contributed by atoms with Crippen LogP contribution in [0.4, 0.5) is 13.2 Å². The highest BCUT2D eigenvalue weighted by Gasteiger charge is 2.39. The predicted molar refractivity (Wildman–Crippen MR) is 51.5 cm³/mol. The molecule has 94 valence electrons. The lowest BCUT2D eigenvalue weighted by Gasteiger charge is -2.25. The van der Waals surface area contributed by atoms with Gasteiger partial charge in [0.05, 0.1) is 6.20 Å². The minimum Gasteiger partial charge on any atom is -0.477 e. The molecule has 0 saturated heterocycles. The minimum absolute atomic E-state index is 0.245. The van der Waals surface area contributed by atoms with Crippen molar-refractivity contribution >= 4 is 5.97 Å². The van der Waals surface area contributed by atoms with Crippen LogP contribution >= 0.6 is 0 Å². The van der Waals surface area contributed by atoms with E-state index in [-0.39, 0.29) is 12.5 Å². The third-order valence-corrected chi connectivity index (χ3v) is 3.00. The summed E-state index contributed by atoms with van der Waals surface area (Å²) >= 11 is 0. The Morgan fingerprint density at radius 1 is 1.53 bits per heavy atom. The molecule has 7 heteroatoms. The summed E-state index contributed by atoms with van der Waals surface area (Å²) in [6, 6.07) is 0. The van der Waals surface area contributed by atoms with Crippen LogP contribution in [0.1, 0.15) is 35.3 Å². The van der Waals surface area contributed by atoms with E-state index in [1.54, 1.807) is 0 Å². The van der Waals surface area contributed by atoms with E-state index in [1.165, 1.54) is 0 Å². The second kappa shape index (κ2) is 4.05. The third-order valence-electron chi connectivity index (χ3n) is 3.00. The summed E-state index contributed by atoms with van der Waals surface area (Å²) in [5.74, 6) is -1.34. The molecule has 0 aliphatic heterocycles. The molecule has 2 rings (SSSR count). The predicted octanol–water partition coefficient (Wildman–Crippen LogP) is 2.40. The summed E-state index contributed by atoms with van der Waals surface area (Å²) in [4.78, 5) is 10.9. The second-order valence-electron chi connectivity index (χ2n) is 4.19. The van der Waals surface area contributed by atoms with Crippen molar-refractivity contribution < 1.29 is 23.1 Å². The first-order chi connectivity index (χ1) is 7.89. The fourth-order valence-corrected chi connectivity index (χ4v) is 1.88. The Balaban J connectivity index is 2.32. The van der Waals surface area contributed by atoms with Gasteiger partial charge in [0.1, 0.15) is 5.56 Å². The monoisotopic (exact) mass is 248 g/mol. The molecule has 1 saturated carbocycles. The maximum Gasteiger partial charge on any atom is 0.420 e. The lowest BCUT2D eigenvalue weighted by Crippen LogP contribution is -2.23. The van der Waals surface area contributed by atoms with Crippen molar-refractivity contribution in [1.29, 1.82) is 0 Å². The minimum atomic E-state index is -4.68. The van der Waals surface area contributed by atoms with E-state index in [0.29, 0.717) is 6.20 Å². The van der Waals surface area contributed by atoms with Gasteiger partial charge in [-0.05, 0) is 18.8 Å². The Hall–Kier alpha value is -1.53. The van der Waals surface area contributed by atoms with Crippen molar-refractivity contribution in [3.63, 3.8) is 0 Å². The number of aromatic carboxylic acids is 1. The molecule has 0 radical (unpaired) electrons. The molecule has 0 unspecified atom stereocenters. The summed E-state index contributed by atoms with van der Waals surface area (Å²) in [7, 11) is 0. The van der Waals surface area contributed by atoms with Crippen LogP contribution in [0, 0.1) is 5.92 Å². The lowest BCUT2D eigenvalue weighted by molar-refractivity contribution is -0.138. The number of carboxylic acids is 1. The van der Waals surface area contributed by atoms with E-state index in [1.807, 2.05) is 0 Å². The summed E-state index contributed by atoms with van der Waals surface area (Å²) in [5, 5.41) is 12.4. The van der Waals surface area contributed by atoms with E-state index in [0.717, 1.165) is 23.9 Å². The van der Waals surface area contributed by atoms with Crippen LogP contribution in [-0.4, -0.2) is 20.9 Å². The zero-order valence-corrected chi connectivity index (χ0v) is 8.87. The molecule has 1 aliphatic carbocycles. The van der Waals surface area contributed by atoms with Gasteiger partial charge in [-0.1, -0.05) is 6.42 Å². The number of aromatic nitrogens is 2. The number of carbonyl (C=O) groups is 1. The molecule has 4 nitrogen and oxygen atoms in total. The number of rotatable bonds is 3. The first-order valence-corrected chi connectivity index (χ1v) is 5.26. The molecule has 1 N–H and O–H groups in total. The SMILES string of the molecule is O=C(O)c1c(C(F)(F)F)cnn1CC1CCC1.